The van der Waals surface area contributed by atoms with Gasteiger partial charge in [-0.2, -0.15) is 8.70 Å². The van der Waals surface area contributed by atoms with Gasteiger partial charge in [-0.15, -0.1) is 0 Å². The average Bonchev–Trinajstić information content (AvgIpc) is 3.15. The van der Waals surface area contributed by atoms with E-state index in [9.17, 15) is 27.2 Å². The van der Waals surface area contributed by atoms with Gasteiger partial charge in [0.15, 0.2) is 0 Å². The Bertz CT molecular complexity index is 942. The van der Waals surface area contributed by atoms with E-state index in [0.717, 1.165) is 17.0 Å². The van der Waals surface area contributed by atoms with E-state index in [0.29, 0.717) is 24.0 Å². The summed E-state index contributed by atoms with van der Waals surface area (Å²) in [7, 11) is -3.34. The van der Waals surface area contributed by atoms with Gasteiger partial charge in [-0.25, -0.2) is 17.8 Å². The number of halogens is 1. The van der Waals surface area contributed by atoms with Gasteiger partial charge < -0.3 is 9.64 Å². The Hall–Kier alpha value is -2.05. The minimum atomic E-state index is -3.34. The van der Waals surface area contributed by atoms with Crippen LogP contribution in [0.1, 0.15) is 19.1 Å². The van der Waals surface area contributed by atoms with Crippen molar-refractivity contribution in [3.05, 3.63) is 32.9 Å². The molecule has 3 rings (SSSR count). The highest BCUT2D eigenvalue weighted by Gasteiger charge is 2.28. The molecule has 0 saturated carbocycles. The molecule has 2 aliphatic rings. The van der Waals surface area contributed by atoms with Gasteiger partial charge in [-0.3, -0.25) is 14.2 Å². The first kappa shape index (κ1) is 19.7. The number of carbonyl (C=O) groups is 1. The maximum atomic E-state index is 14.0. The Morgan fingerprint density at radius 3 is 2.48 bits per heavy atom. The third kappa shape index (κ3) is 4.12. The molecule has 27 heavy (non-hydrogen) atoms. The van der Waals surface area contributed by atoms with Crippen LogP contribution in [-0.2, 0) is 26.1 Å². The predicted octanol–water partition coefficient (Wildman–Crippen LogP) is -1.44. The van der Waals surface area contributed by atoms with E-state index in [2.05, 4.69) is 0 Å². The van der Waals surface area contributed by atoms with Crippen LogP contribution in [0.25, 0.3) is 0 Å². The van der Waals surface area contributed by atoms with Crippen molar-refractivity contribution in [1.82, 2.24) is 18.3 Å². The maximum absolute atomic E-state index is 14.0. The number of amides is 1. The molecule has 0 radical (unpaired) electrons. The molecule has 12 heteroatoms. The van der Waals surface area contributed by atoms with E-state index in [1.54, 1.807) is 0 Å². The van der Waals surface area contributed by atoms with E-state index in [-0.39, 0.29) is 26.2 Å². The second-order valence-electron chi connectivity index (χ2n) is 6.57. The lowest BCUT2D eigenvalue weighted by atomic mass is 10.3. The zero-order valence-corrected chi connectivity index (χ0v) is 15.7. The highest BCUT2D eigenvalue weighted by molar-refractivity contribution is 7.88. The van der Waals surface area contributed by atoms with Gasteiger partial charge >= 0.3 is 5.69 Å². The zero-order chi connectivity index (χ0) is 19.8. The van der Waals surface area contributed by atoms with Gasteiger partial charge in [0.2, 0.25) is 21.7 Å². The fourth-order valence-corrected chi connectivity index (χ4v) is 4.04. The van der Waals surface area contributed by atoms with Crippen LogP contribution in [0, 0.1) is 5.82 Å². The van der Waals surface area contributed by atoms with Crippen LogP contribution in [0.15, 0.2) is 15.8 Å². The fraction of sp³-hybridized carbons (Fsp3) is 0.667. The summed E-state index contributed by atoms with van der Waals surface area (Å²) in [4.78, 5) is 38.4. The van der Waals surface area contributed by atoms with Crippen molar-refractivity contribution in [1.29, 1.82) is 0 Å². The highest BCUT2D eigenvalue weighted by atomic mass is 32.2. The standard InChI is InChI=1S/C15H21FN4O6S/c1-27(24,25)18-6-4-17(5-7-18)12(21)10-20-14(22)11(16)9-19(15(20)23)13-3-2-8-26-13/h9,13H,2-8,10H2,1H3. The molecule has 2 fully saturated rings. The van der Waals surface area contributed by atoms with Crippen LogP contribution in [0.4, 0.5) is 4.39 Å². The van der Waals surface area contributed by atoms with Crippen molar-refractivity contribution < 1.29 is 22.3 Å². The van der Waals surface area contributed by atoms with Crippen LogP contribution in [-0.4, -0.2) is 71.7 Å². The molecule has 0 spiro atoms. The lowest BCUT2D eigenvalue weighted by Gasteiger charge is -2.33. The summed E-state index contributed by atoms with van der Waals surface area (Å²) in [6, 6.07) is 0. The molecular weight excluding hydrogens is 383 g/mol. The predicted molar refractivity (Wildman–Crippen MR) is 92.1 cm³/mol. The molecule has 1 aromatic heterocycles. The highest BCUT2D eigenvalue weighted by Crippen LogP contribution is 2.20. The quantitative estimate of drug-likeness (QED) is 0.608. The van der Waals surface area contributed by atoms with Gasteiger partial charge in [-0.05, 0) is 12.8 Å². The van der Waals surface area contributed by atoms with E-state index in [1.807, 2.05) is 0 Å². The first-order chi connectivity index (χ1) is 12.7. The van der Waals surface area contributed by atoms with Gasteiger partial charge in [0.05, 0.1) is 12.5 Å². The number of nitrogens with zero attached hydrogens (tertiary/aromatic N) is 4. The SMILES string of the molecule is CS(=O)(=O)N1CCN(C(=O)Cn2c(=O)c(F)cn(C3CCCO3)c2=O)CC1. The molecule has 1 amide bonds. The Balaban J connectivity index is 1.78. The molecular formula is C15H21FN4O6S. The Kier molecular flexibility index (Phi) is 5.49. The van der Waals surface area contributed by atoms with Crippen LogP contribution in [0.5, 0.6) is 0 Å². The van der Waals surface area contributed by atoms with Crippen molar-refractivity contribution in [2.45, 2.75) is 25.6 Å². The Morgan fingerprint density at radius 2 is 1.93 bits per heavy atom. The molecule has 2 aliphatic heterocycles. The van der Waals surface area contributed by atoms with Gasteiger partial charge in [0.25, 0.3) is 5.56 Å². The largest absolute Gasteiger partial charge is 0.358 e. The van der Waals surface area contributed by atoms with E-state index < -0.39 is 45.8 Å². The molecule has 1 unspecified atom stereocenters. The van der Waals surface area contributed by atoms with E-state index >= 15 is 0 Å². The normalized spacial score (nSPS) is 21.6. The first-order valence-electron chi connectivity index (χ1n) is 8.54. The van der Waals surface area contributed by atoms with Gasteiger partial charge in [0, 0.05) is 32.8 Å². The van der Waals surface area contributed by atoms with Gasteiger partial charge in [0.1, 0.15) is 12.8 Å². The Morgan fingerprint density at radius 1 is 1.26 bits per heavy atom. The maximum Gasteiger partial charge on any atom is 0.333 e. The molecule has 3 heterocycles. The zero-order valence-electron chi connectivity index (χ0n) is 14.8. The lowest BCUT2D eigenvalue weighted by Crippen LogP contribution is -2.52. The number of hydrogen-bond acceptors (Lipinski definition) is 6. The van der Waals surface area contributed by atoms with Crippen molar-refractivity contribution in [2.24, 2.45) is 0 Å². The summed E-state index contributed by atoms with van der Waals surface area (Å²) in [5.74, 6) is -1.69. The van der Waals surface area contributed by atoms with E-state index in [4.69, 9.17) is 4.74 Å². The average molecular weight is 404 g/mol. The second kappa shape index (κ2) is 7.52. The summed E-state index contributed by atoms with van der Waals surface area (Å²) in [6.07, 6.45) is 2.46. The number of sulfonamides is 1. The van der Waals surface area contributed by atoms with Crippen molar-refractivity contribution in [3.8, 4) is 0 Å². The third-order valence-corrected chi connectivity index (χ3v) is 6.03. The smallest absolute Gasteiger partial charge is 0.333 e. The number of hydrogen-bond donors (Lipinski definition) is 0. The summed E-state index contributed by atoms with van der Waals surface area (Å²) in [5, 5.41) is 0. The molecule has 1 atom stereocenters. The fourth-order valence-electron chi connectivity index (χ4n) is 3.22. The number of piperazine rings is 1. The van der Waals surface area contributed by atoms with Crippen molar-refractivity contribution in [3.63, 3.8) is 0 Å². The molecule has 2 saturated heterocycles. The van der Waals surface area contributed by atoms with Crippen LogP contribution in [0.2, 0.25) is 0 Å². The van der Waals surface area contributed by atoms with Gasteiger partial charge in [-0.1, -0.05) is 0 Å². The molecule has 150 valence electrons. The molecule has 0 aromatic carbocycles. The topological polar surface area (TPSA) is 111 Å². The summed E-state index contributed by atoms with van der Waals surface area (Å²) in [6.45, 7) is 0.347. The monoisotopic (exact) mass is 404 g/mol. The minimum absolute atomic E-state index is 0.128. The van der Waals surface area contributed by atoms with Crippen LogP contribution >= 0.6 is 0 Å². The minimum Gasteiger partial charge on any atom is -0.358 e. The first-order valence-corrected chi connectivity index (χ1v) is 10.4. The van der Waals surface area contributed by atoms with Crippen molar-refractivity contribution in [2.75, 3.05) is 39.0 Å². The summed E-state index contributed by atoms with van der Waals surface area (Å²) in [5.41, 5.74) is -1.98. The summed E-state index contributed by atoms with van der Waals surface area (Å²) < 4.78 is 45.2. The second-order valence-corrected chi connectivity index (χ2v) is 8.55. The molecule has 0 aliphatic carbocycles. The Labute approximate surface area is 154 Å². The molecule has 0 bridgehead atoms. The summed E-state index contributed by atoms with van der Waals surface area (Å²) >= 11 is 0. The van der Waals surface area contributed by atoms with Crippen LogP contribution < -0.4 is 11.2 Å². The van der Waals surface area contributed by atoms with Crippen LogP contribution in [0.3, 0.4) is 0 Å². The number of rotatable bonds is 4. The van der Waals surface area contributed by atoms with E-state index in [1.165, 1.54) is 9.21 Å². The third-order valence-electron chi connectivity index (χ3n) is 4.72. The molecule has 10 nitrogen and oxygen atoms in total. The molecule has 0 N–H and O–H groups in total. The number of aromatic nitrogens is 2. The van der Waals surface area contributed by atoms with Crippen molar-refractivity contribution >= 4 is 15.9 Å². The number of carbonyl (C=O) groups excluding carboxylic acids is 1. The number of ether oxygens (including phenoxy) is 1. The molecule has 1 aromatic rings. The lowest BCUT2D eigenvalue weighted by molar-refractivity contribution is -0.133.